The lowest BCUT2D eigenvalue weighted by Gasteiger charge is -2.16. The molecule has 188 valence electrons. The summed E-state index contributed by atoms with van der Waals surface area (Å²) < 4.78 is 21.4. The summed E-state index contributed by atoms with van der Waals surface area (Å²) >= 11 is 0. The van der Waals surface area contributed by atoms with Crippen molar-refractivity contribution < 1.29 is 29.2 Å². The predicted molar refractivity (Wildman–Crippen MR) is 135 cm³/mol. The lowest BCUT2D eigenvalue weighted by molar-refractivity contribution is -0.0431. The number of phenolic OH excluding ortho intramolecular Hbond substituents is 2. The highest BCUT2D eigenvalue weighted by atomic mass is 16.7. The van der Waals surface area contributed by atoms with Crippen LogP contribution in [-0.4, -0.2) is 22.8 Å². The van der Waals surface area contributed by atoms with E-state index in [2.05, 4.69) is 14.5 Å². The summed E-state index contributed by atoms with van der Waals surface area (Å²) in [7, 11) is 0. The largest absolute Gasteiger partial charge is 0.504 e. The maximum Gasteiger partial charge on any atom is 0.246 e. The minimum Gasteiger partial charge on any atom is -0.504 e. The number of benzene rings is 3. The van der Waals surface area contributed by atoms with Crippen molar-refractivity contribution in [3.63, 3.8) is 0 Å². The van der Waals surface area contributed by atoms with E-state index in [-0.39, 0.29) is 24.8 Å². The molecule has 2 heterocycles. The van der Waals surface area contributed by atoms with Crippen molar-refractivity contribution in [2.45, 2.75) is 39.3 Å². The summed E-state index contributed by atoms with van der Waals surface area (Å²) in [6.45, 7) is 25.0. The number of hydrogen-bond acceptors (Lipinski definition) is 6. The van der Waals surface area contributed by atoms with Gasteiger partial charge in [-0.05, 0) is 54.6 Å². The molecular formula is C28H25N3O6. The van der Waals surface area contributed by atoms with E-state index >= 15 is 0 Å². The lowest BCUT2D eigenvalue weighted by atomic mass is 10.2. The third kappa shape index (κ3) is 7.45. The highest BCUT2D eigenvalue weighted by Gasteiger charge is 2.31. The zero-order valence-electron chi connectivity index (χ0n) is 20.4. The molecule has 2 aliphatic rings. The second-order valence-corrected chi connectivity index (χ2v) is 8.34. The normalized spacial score (nSPS) is 12.9. The van der Waals surface area contributed by atoms with Crippen LogP contribution < -0.4 is 18.9 Å². The van der Waals surface area contributed by atoms with Crippen molar-refractivity contribution in [2.75, 3.05) is 6.79 Å². The second-order valence-electron chi connectivity index (χ2n) is 8.34. The summed E-state index contributed by atoms with van der Waals surface area (Å²) in [6, 6.07) is 15.5. The Bertz CT molecular complexity index is 1380. The van der Waals surface area contributed by atoms with Gasteiger partial charge in [0.15, 0.2) is 34.5 Å². The molecule has 0 aliphatic carbocycles. The third-order valence-corrected chi connectivity index (χ3v) is 4.98. The summed E-state index contributed by atoms with van der Waals surface area (Å²) in [5.41, 5.74) is 2.63. The third-order valence-electron chi connectivity index (χ3n) is 4.98. The van der Waals surface area contributed by atoms with E-state index < -0.39 is 5.79 Å². The van der Waals surface area contributed by atoms with Crippen LogP contribution >= 0.6 is 0 Å². The molecule has 0 spiro atoms. The minimum atomic E-state index is -0.584. The molecule has 0 aromatic heterocycles. The molecule has 0 radical (unpaired) electrons. The van der Waals surface area contributed by atoms with Crippen LogP contribution in [0.5, 0.6) is 34.5 Å². The van der Waals surface area contributed by atoms with Crippen molar-refractivity contribution in [3.05, 3.63) is 106 Å². The van der Waals surface area contributed by atoms with Crippen LogP contribution in [0, 0.1) is 19.7 Å². The van der Waals surface area contributed by atoms with Gasteiger partial charge < -0.3 is 43.7 Å². The number of hydrogen-bond donors (Lipinski definition) is 2. The van der Waals surface area contributed by atoms with E-state index in [1.807, 2.05) is 50.2 Å². The van der Waals surface area contributed by atoms with Gasteiger partial charge in [-0.15, -0.1) is 0 Å². The van der Waals surface area contributed by atoms with Crippen molar-refractivity contribution in [1.29, 1.82) is 0 Å². The number of nitrogens with zero attached hydrogens (tertiary/aromatic N) is 3. The Balaban J connectivity index is 0.000000156. The van der Waals surface area contributed by atoms with Gasteiger partial charge in [-0.25, -0.2) is 19.7 Å². The van der Waals surface area contributed by atoms with E-state index in [1.54, 1.807) is 6.07 Å². The van der Waals surface area contributed by atoms with Gasteiger partial charge in [0.05, 0.1) is 0 Å². The molecule has 2 aliphatic heterocycles. The Hall–Kier alpha value is -5.07. The Morgan fingerprint density at radius 1 is 0.649 bits per heavy atom. The molecule has 0 bridgehead atoms. The van der Waals surface area contributed by atoms with E-state index in [0.717, 1.165) is 34.1 Å². The van der Waals surface area contributed by atoms with Gasteiger partial charge in [-0.1, -0.05) is 0 Å². The molecule has 9 heteroatoms. The molecule has 0 saturated heterocycles. The average Bonchev–Trinajstić information content (AvgIpc) is 3.45. The Morgan fingerprint density at radius 2 is 1.14 bits per heavy atom. The molecular weight excluding hydrogens is 474 g/mol. The first-order chi connectivity index (χ1) is 17.7. The minimum absolute atomic E-state index is 0.154. The van der Waals surface area contributed by atoms with E-state index in [1.165, 1.54) is 12.1 Å². The van der Waals surface area contributed by atoms with Crippen LogP contribution in [0.3, 0.4) is 0 Å². The van der Waals surface area contributed by atoms with Crippen molar-refractivity contribution in [1.82, 2.24) is 0 Å². The van der Waals surface area contributed by atoms with Gasteiger partial charge in [0.1, 0.15) is 0 Å². The van der Waals surface area contributed by atoms with E-state index in [4.69, 9.17) is 48.9 Å². The maximum absolute atomic E-state index is 8.97. The summed E-state index contributed by atoms with van der Waals surface area (Å²) in [5, 5.41) is 17.9. The first-order valence-corrected chi connectivity index (χ1v) is 11.1. The molecule has 9 nitrogen and oxygen atoms in total. The lowest BCUT2D eigenvalue weighted by Crippen LogP contribution is -2.29. The fourth-order valence-electron chi connectivity index (χ4n) is 3.35. The number of rotatable bonds is 3. The fourth-order valence-corrected chi connectivity index (χ4v) is 3.35. The highest BCUT2D eigenvalue weighted by molar-refractivity contribution is 5.46. The highest BCUT2D eigenvalue weighted by Crippen LogP contribution is 2.39. The van der Waals surface area contributed by atoms with Gasteiger partial charge in [0.25, 0.3) is 0 Å². The number of fused-ring (bicyclic) bond motifs is 2. The summed E-state index contributed by atoms with van der Waals surface area (Å²) in [4.78, 5) is 9.74. The smallest absolute Gasteiger partial charge is 0.246 e. The van der Waals surface area contributed by atoms with Gasteiger partial charge in [-0.2, -0.15) is 0 Å². The Morgan fingerprint density at radius 3 is 1.73 bits per heavy atom. The average molecular weight is 500 g/mol. The standard InChI is InChI=1S/C11H11NO2.C9H7NO2.C8H7NO2/c1-11(2)13-9-5-4-8(7-12-3)6-10(9)14-11;1-10-5-7-2-3-8-9(4-7)12-6-11-8;1-9-5-6-2-3-7(10)8(11)4-6/h4-6H,7H2,1-2H3;2-4H,5-6H2;2-4,10-11H,5H2. The number of ether oxygens (including phenoxy) is 4. The molecule has 3 aromatic rings. The van der Waals surface area contributed by atoms with Crippen molar-refractivity contribution >= 4 is 0 Å². The molecule has 0 saturated carbocycles. The van der Waals surface area contributed by atoms with E-state index in [9.17, 15) is 0 Å². The number of phenols is 2. The quantitative estimate of drug-likeness (QED) is 0.341. The molecule has 0 unspecified atom stereocenters. The Labute approximate surface area is 215 Å². The van der Waals surface area contributed by atoms with Gasteiger partial charge in [0, 0.05) is 30.5 Å². The van der Waals surface area contributed by atoms with Crippen LogP contribution in [0.1, 0.15) is 30.5 Å². The van der Waals surface area contributed by atoms with Crippen LogP contribution in [0.15, 0.2) is 54.6 Å². The van der Waals surface area contributed by atoms with Gasteiger partial charge >= 0.3 is 0 Å². The number of aromatic hydroxyl groups is 2. The fraction of sp³-hybridized carbons (Fsp3) is 0.250. The van der Waals surface area contributed by atoms with E-state index in [0.29, 0.717) is 18.7 Å². The van der Waals surface area contributed by atoms with Crippen LogP contribution in [0.2, 0.25) is 0 Å². The molecule has 37 heavy (non-hydrogen) atoms. The van der Waals surface area contributed by atoms with Gasteiger partial charge in [0.2, 0.25) is 32.2 Å². The van der Waals surface area contributed by atoms with Crippen molar-refractivity contribution in [2.24, 2.45) is 0 Å². The molecule has 0 fully saturated rings. The van der Waals surface area contributed by atoms with Crippen molar-refractivity contribution in [3.8, 4) is 34.5 Å². The zero-order valence-corrected chi connectivity index (χ0v) is 20.4. The van der Waals surface area contributed by atoms with Crippen LogP contribution in [0.4, 0.5) is 0 Å². The Kier molecular flexibility index (Phi) is 8.65. The van der Waals surface area contributed by atoms with Crippen LogP contribution in [-0.2, 0) is 19.6 Å². The maximum atomic E-state index is 8.97. The molecule has 0 amide bonds. The first kappa shape index (κ1) is 26.5. The zero-order chi connectivity index (χ0) is 26.8. The molecule has 3 aromatic carbocycles. The summed E-state index contributed by atoms with van der Waals surface area (Å²) in [5.74, 6) is 2.09. The second kappa shape index (κ2) is 12.1. The van der Waals surface area contributed by atoms with Crippen LogP contribution in [0.25, 0.3) is 14.5 Å². The molecule has 2 N–H and O–H groups in total. The molecule has 5 rings (SSSR count). The molecule has 0 atom stereocenters. The SMILES string of the molecule is [C-]#[N+]Cc1ccc(O)c(O)c1.[C-]#[N+]Cc1ccc2c(c1)OC(C)(C)O2.[C-]#[N+]Cc1ccc2c(c1)OCO2. The topological polar surface area (TPSA) is 90.5 Å². The monoisotopic (exact) mass is 499 g/mol. The summed E-state index contributed by atoms with van der Waals surface area (Å²) in [6.07, 6.45) is 0. The predicted octanol–water partition coefficient (Wildman–Crippen LogP) is 5.96. The first-order valence-electron chi connectivity index (χ1n) is 11.1. The van der Waals surface area contributed by atoms with Gasteiger partial charge in [-0.3, -0.25) is 0 Å².